The lowest BCUT2D eigenvalue weighted by atomic mass is 10.3. The number of benzene rings is 1. The lowest BCUT2D eigenvalue weighted by Crippen LogP contribution is -2.19. The average molecular weight is 315 g/mol. The first-order chi connectivity index (χ1) is 11.2. The third kappa shape index (κ3) is 3.88. The van der Waals surface area contributed by atoms with Crippen molar-refractivity contribution in [3.8, 4) is 23.1 Å². The summed E-state index contributed by atoms with van der Waals surface area (Å²) in [6.45, 7) is -0.0487. The second-order valence-electron chi connectivity index (χ2n) is 4.49. The Morgan fingerprint density at radius 3 is 2.48 bits per heavy atom. The van der Waals surface area contributed by atoms with Crippen molar-refractivity contribution in [3.05, 3.63) is 48.6 Å². The van der Waals surface area contributed by atoms with Crippen molar-refractivity contribution in [3.63, 3.8) is 0 Å². The van der Waals surface area contributed by atoms with E-state index in [-0.39, 0.29) is 13.2 Å². The van der Waals surface area contributed by atoms with Crippen LogP contribution in [0, 0.1) is 0 Å². The largest absolute Gasteiger partial charge is 0.484 e. The Labute approximate surface area is 130 Å². The number of carbonyl (C=O) groups excluding carboxylic acids is 1. The standard InChI is InChI=1S/C15H13N3O5/c16-13(19)8-21-10-3-5-11(6-4-10)22-9-14-17-18-15(23-14)12-2-1-7-20-12/h1-7H,8-9H2,(H2,16,19). The van der Waals surface area contributed by atoms with Crippen LogP contribution in [0.25, 0.3) is 11.7 Å². The second-order valence-corrected chi connectivity index (χ2v) is 4.49. The van der Waals surface area contributed by atoms with Gasteiger partial charge in [-0.15, -0.1) is 10.2 Å². The quantitative estimate of drug-likeness (QED) is 0.706. The van der Waals surface area contributed by atoms with E-state index < -0.39 is 5.91 Å². The zero-order chi connectivity index (χ0) is 16.1. The number of hydrogen-bond donors (Lipinski definition) is 1. The summed E-state index contributed by atoms with van der Waals surface area (Å²) in [5.41, 5.74) is 5.00. The minimum absolute atomic E-state index is 0.120. The molecule has 0 saturated heterocycles. The summed E-state index contributed by atoms with van der Waals surface area (Å²) in [5.74, 6) is 1.70. The molecule has 0 radical (unpaired) electrons. The maximum atomic E-state index is 10.6. The van der Waals surface area contributed by atoms with E-state index in [0.717, 1.165) is 0 Å². The fraction of sp³-hybridized carbons (Fsp3) is 0.133. The minimum atomic E-state index is -0.533. The molecule has 3 aromatic rings. The number of aromatic nitrogens is 2. The molecule has 3 rings (SSSR count). The first-order valence-corrected chi connectivity index (χ1v) is 6.71. The molecule has 0 fully saturated rings. The number of ether oxygens (including phenoxy) is 2. The summed E-state index contributed by atoms with van der Waals surface area (Å²) in [6.07, 6.45) is 1.53. The summed E-state index contributed by atoms with van der Waals surface area (Å²) in [6, 6.07) is 10.2. The fourth-order valence-electron chi connectivity index (χ4n) is 1.74. The molecule has 2 aromatic heterocycles. The van der Waals surface area contributed by atoms with Crippen LogP contribution >= 0.6 is 0 Å². The highest BCUT2D eigenvalue weighted by Gasteiger charge is 2.11. The van der Waals surface area contributed by atoms with Crippen LogP contribution in [0.4, 0.5) is 0 Å². The predicted molar refractivity (Wildman–Crippen MR) is 77.5 cm³/mol. The van der Waals surface area contributed by atoms with Crippen LogP contribution in [0.2, 0.25) is 0 Å². The van der Waals surface area contributed by atoms with Crippen LogP contribution in [-0.4, -0.2) is 22.7 Å². The summed E-state index contributed by atoms with van der Waals surface area (Å²) in [4.78, 5) is 10.6. The van der Waals surface area contributed by atoms with Crippen molar-refractivity contribution in [2.24, 2.45) is 5.73 Å². The Bertz CT molecular complexity index is 765. The van der Waals surface area contributed by atoms with Gasteiger partial charge >= 0.3 is 0 Å². The molecular weight excluding hydrogens is 302 g/mol. The van der Waals surface area contributed by atoms with Gasteiger partial charge in [0.1, 0.15) is 11.5 Å². The third-order valence-corrected chi connectivity index (χ3v) is 2.77. The smallest absolute Gasteiger partial charge is 0.283 e. The summed E-state index contributed by atoms with van der Waals surface area (Å²) in [7, 11) is 0. The molecule has 8 heteroatoms. The van der Waals surface area contributed by atoms with Gasteiger partial charge in [-0.2, -0.15) is 0 Å². The number of primary amides is 1. The fourth-order valence-corrected chi connectivity index (χ4v) is 1.74. The molecule has 2 heterocycles. The van der Waals surface area contributed by atoms with Crippen molar-refractivity contribution in [2.45, 2.75) is 6.61 Å². The van der Waals surface area contributed by atoms with Gasteiger partial charge in [-0.25, -0.2) is 0 Å². The number of nitrogens with two attached hydrogens (primary N) is 1. The first kappa shape index (κ1) is 14.6. The Morgan fingerprint density at radius 2 is 1.83 bits per heavy atom. The Kier molecular flexibility index (Phi) is 4.23. The van der Waals surface area contributed by atoms with E-state index in [1.54, 1.807) is 36.4 Å². The minimum Gasteiger partial charge on any atom is -0.484 e. The zero-order valence-electron chi connectivity index (χ0n) is 12.0. The molecule has 0 aliphatic rings. The van der Waals surface area contributed by atoms with Gasteiger partial charge in [0.25, 0.3) is 17.7 Å². The highest BCUT2D eigenvalue weighted by molar-refractivity contribution is 5.75. The highest BCUT2D eigenvalue weighted by Crippen LogP contribution is 2.20. The number of rotatable bonds is 7. The molecule has 1 aromatic carbocycles. The molecule has 8 nitrogen and oxygen atoms in total. The molecule has 0 bridgehead atoms. The van der Waals surface area contributed by atoms with Crippen LogP contribution < -0.4 is 15.2 Å². The van der Waals surface area contributed by atoms with E-state index >= 15 is 0 Å². The second kappa shape index (κ2) is 6.65. The van der Waals surface area contributed by atoms with Crippen molar-refractivity contribution in [1.82, 2.24) is 10.2 Å². The van der Waals surface area contributed by atoms with E-state index in [9.17, 15) is 4.79 Å². The lowest BCUT2D eigenvalue weighted by Gasteiger charge is -2.06. The van der Waals surface area contributed by atoms with Gasteiger partial charge in [-0.05, 0) is 36.4 Å². The van der Waals surface area contributed by atoms with Crippen LogP contribution in [0.15, 0.2) is 51.5 Å². The number of amides is 1. The van der Waals surface area contributed by atoms with Crippen LogP contribution in [0.1, 0.15) is 5.89 Å². The van der Waals surface area contributed by atoms with Gasteiger partial charge in [0.05, 0.1) is 6.26 Å². The maximum absolute atomic E-state index is 10.6. The molecule has 0 aliphatic heterocycles. The van der Waals surface area contributed by atoms with Gasteiger partial charge in [0.2, 0.25) is 0 Å². The van der Waals surface area contributed by atoms with E-state index in [4.69, 9.17) is 24.0 Å². The van der Waals surface area contributed by atoms with Gasteiger partial charge in [0.15, 0.2) is 19.0 Å². The summed E-state index contributed by atoms with van der Waals surface area (Å²) < 4.78 is 21.3. The van der Waals surface area contributed by atoms with Crippen molar-refractivity contribution < 1.29 is 23.1 Å². The van der Waals surface area contributed by atoms with Gasteiger partial charge < -0.3 is 24.0 Å². The predicted octanol–water partition coefficient (Wildman–Crippen LogP) is 1.77. The number of furan rings is 1. The third-order valence-electron chi connectivity index (χ3n) is 2.77. The van der Waals surface area contributed by atoms with Crippen LogP contribution in [-0.2, 0) is 11.4 Å². The molecule has 0 unspecified atom stereocenters. The van der Waals surface area contributed by atoms with Crippen molar-refractivity contribution in [2.75, 3.05) is 6.61 Å². The summed E-state index contributed by atoms with van der Waals surface area (Å²) >= 11 is 0. The zero-order valence-corrected chi connectivity index (χ0v) is 12.0. The Hall–Kier alpha value is -3.29. The van der Waals surface area contributed by atoms with E-state index in [2.05, 4.69) is 10.2 Å². The molecule has 0 spiro atoms. The number of carbonyl (C=O) groups is 1. The topological polar surface area (TPSA) is 114 Å². The van der Waals surface area contributed by atoms with Crippen molar-refractivity contribution in [1.29, 1.82) is 0 Å². The number of nitrogens with zero attached hydrogens (tertiary/aromatic N) is 2. The van der Waals surface area contributed by atoms with Crippen LogP contribution in [0.3, 0.4) is 0 Å². The SMILES string of the molecule is NC(=O)COc1ccc(OCc2nnc(-c3ccco3)o2)cc1. The summed E-state index contributed by atoms with van der Waals surface area (Å²) in [5, 5.41) is 7.75. The normalized spacial score (nSPS) is 10.4. The van der Waals surface area contributed by atoms with Gasteiger partial charge in [-0.3, -0.25) is 4.79 Å². The van der Waals surface area contributed by atoms with Gasteiger partial charge in [0, 0.05) is 0 Å². The molecule has 118 valence electrons. The average Bonchev–Trinajstić information content (AvgIpc) is 3.23. The Morgan fingerprint density at radius 1 is 1.09 bits per heavy atom. The van der Waals surface area contributed by atoms with E-state index in [0.29, 0.717) is 29.0 Å². The molecule has 2 N–H and O–H groups in total. The molecule has 1 amide bonds. The van der Waals surface area contributed by atoms with E-state index in [1.807, 2.05) is 0 Å². The molecule has 0 atom stereocenters. The van der Waals surface area contributed by atoms with Crippen LogP contribution in [0.5, 0.6) is 11.5 Å². The van der Waals surface area contributed by atoms with E-state index in [1.165, 1.54) is 6.26 Å². The Balaban J connectivity index is 1.55. The maximum Gasteiger partial charge on any atom is 0.283 e. The molecule has 0 aliphatic carbocycles. The highest BCUT2D eigenvalue weighted by atomic mass is 16.5. The molecular formula is C15H13N3O5. The molecule has 23 heavy (non-hydrogen) atoms. The first-order valence-electron chi connectivity index (χ1n) is 6.71. The molecule has 0 saturated carbocycles. The number of hydrogen-bond acceptors (Lipinski definition) is 7. The lowest BCUT2D eigenvalue weighted by molar-refractivity contribution is -0.119. The monoisotopic (exact) mass is 315 g/mol. The van der Waals surface area contributed by atoms with Crippen molar-refractivity contribution >= 4 is 5.91 Å². The van der Waals surface area contributed by atoms with Gasteiger partial charge in [-0.1, -0.05) is 0 Å².